The van der Waals surface area contributed by atoms with E-state index in [-0.39, 0.29) is 6.04 Å². The summed E-state index contributed by atoms with van der Waals surface area (Å²) < 4.78 is 0. The molecule has 1 saturated carbocycles. The first-order valence-corrected chi connectivity index (χ1v) is 8.00. The third kappa shape index (κ3) is 4.37. The summed E-state index contributed by atoms with van der Waals surface area (Å²) in [6.45, 7) is 5.62. The van der Waals surface area contributed by atoms with Gasteiger partial charge in [0.2, 0.25) is 0 Å². The zero-order valence-corrected chi connectivity index (χ0v) is 13.3. The summed E-state index contributed by atoms with van der Waals surface area (Å²) in [5.74, 6) is 1.74. The van der Waals surface area contributed by atoms with Crippen LogP contribution in [0.2, 0.25) is 10.0 Å². The van der Waals surface area contributed by atoms with Crippen LogP contribution in [0.4, 0.5) is 0 Å². The molecule has 1 aliphatic carbocycles. The highest BCUT2D eigenvalue weighted by Gasteiger charge is 2.19. The molecular weight excluding hydrogens is 277 g/mol. The molecule has 1 aliphatic rings. The van der Waals surface area contributed by atoms with Crippen LogP contribution in [0.5, 0.6) is 0 Å². The van der Waals surface area contributed by atoms with Crippen molar-refractivity contribution in [2.45, 2.75) is 45.6 Å². The summed E-state index contributed by atoms with van der Waals surface area (Å²) in [5.41, 5.74) is 1.13. The number of benzene rings is 1. The molecule has 0 aliphatic heterocycles. The van der Waals surface area contributed by atoms with Crippen molar-refractivity contribution in [2.24, 2.45) is 11.8 Å². The molecule has 0 spiro atoms. The second-order valence-electron chi connectivity index (χ2n) is 5.92. The zero-order valence-electron chi connectivity index (χ0n) is 11.8. The van der Waals surface area contributed by atoms with E-state index in [4.69, 9.17) is 23.2 Å². The Kier molecular flexibility index (Phi) is 5.56. The molecule has 1 unspecified atom stereocenters. The van der Waals surface area contributed by atoms with Gasteiger partial charge in [0.25, 0.3) is 0 Å². The minimum atomic E-state index is 0.282. The molecule has 1 nitrogen and oxygen atoms in total. The van der Waals surface area contributed by atoms with Crippen LogP contribution in [0.3, 0.4) is 0 Å². The number of hydrogen-bond donors (Lipinski definition) is 1. The molecule has 0 heterocycles. The van der Waals surface area contributed by atoms with Crippen LogP contribution in [0.15, 0.2) is 18.2 Å². The van der Waals surface area contributed by atoms with Gasteiger partial charge in [0, 0.05) is 16.1 Å². The largest absolute Gasteiger partial charge is 0.310 e. The maximum absolute atomic E-state index is 6.24. The summed E-state index contributed by atoms with van der Waals surface area (Å²) in [7, 11) is 0. The maximum atomic E-state index is 6.24. The van der Waals surface area contributed by atoms with Gasteiger partial charge in [-0.15, -0.1) is 0 Å². The first-order chi connectivity index (χ1) is 9.06. The maximum Gasteiger partial charge on any atom is 0.0468 e. The first kappa shape index (κ1) is 15.2. The van der Waals surface area contributed by atoms with E-state index in [2.05, 4.69) is 19.2 Å². The van der Waals surface area contributed by atoms with Gasteiger partial charge in [0.15, 0.2) is 0 Å². The Morgan fingerprint density at radius 1 is 1.21 bits per heavy atom. The lowest BCUT2D eigenvalue weighted by Crippen LogP contribution is -2.28. The Hall–Kier alpha value is -0.240. The van der Waals surface area contributed by atoms with E-state index in [1.54, 1.807) is 0 Å². The standard InChI is InChI=1S/C16H23Cl2N/c1-11-3-5-13(6-4-11)10-19-12(2)15-8-7-14(17)9-16(15)18/h7-9,11-13,19H,3-6,10H2,1-2H3. The van der Waals surface area contributed by atoms with Gasteiger partial charge < -0.3 is 5.32 Å². The van der Waals surface area contributed by atoms with E-state index >= 15 is 0 Å². The van der Waals surface area contributed by atoms with Gasteiger partial charge in [-0.1, -0.05) is 49.0 Å². The van der Waals surface area contributed by atoms with Gasteiger partial charge in [-0.2, -0.15) is 0 Å². The molecule has 0 saturated heterocycles. The Morgan fingerprint density at radius 2 is 1.89 bits per heavy atom. The molecular formula is C16H23Cl2N. The van der Waals surface area contributed by atoms with Crippen LogP contribution in [-0.2, 0) is 0 Å². The van der Waals surface area contributed by atoms with E-state index in [1.807, 2.05) is 18.2 Å². The van der Waals surface area contributed by atoms with E-state index in [1.165, 1.54) is 25.7 Å². The molecule has 3 heteroatoms. The van der Waals surface area contributed by atoms with Crippen molar-refractivity contribution in [3.63, 3.8) is 0 Å². The van der Waals surface area contributed by atoms with Crippen molar-refractivity contribution >= 4 is 23.2 Å². The number of halogens is 2. The SMILES string of the molecule is CC1CCC(CNC(C)c2ccc(Cl)cc2Cl)CC1. The van der Waals surface area contributed by atoms with Crippen LogP contribution in [0.25, 0.3) is 0 Å². The highest BCUT2D eigenvalue weighted by Crippen LogP contribution is 2.29. The molecule has 1 N–H and O–H groups in total. The van der Waals surface area contributed by atoms with E-state index in [0.717, 1.165) is 29.0 Å². The van der Waals surface area contributed by atoms with Crippen LogP contribution in [0.1, 0.15) is 51.1 Å². The molecule has 1 fully saturated rings. The molecule has 0 radical (unpaired) electrons. The minimum absolute atomic E-state index is 0.282. The highest BCUT2D eigenvalue weighted by molar-refractivity contribution is 6.35. The first-order valence-electron chi connectivity index (χ1n) is 7.24. The fraction of sp³-hybridized carbons (Fsp3) is 0.625. The predicted molar refractivity (Wildman–Crippen MR) is 84.0 cm³/mol. The second-order valence-corrected chi connectivity index (χ2v) is 6.77. The van der Waals surface area contributed by atoms with E-state index in [9.17, 15) is 0 Å². The topological polar surface area (TPSA) is 12.0 Å². The molecule has 1 atom stereocenters. The van der Waals surface area contributed by atoms with Crippen molar-refractivity contribution in [1.29, 1.82) is 0 Å². The summed E-state index contributed by atoms with van der Waals surface area (Å²) in [4.78, 5) is 0. The lowest BCUT2D eigenvalue weighted by molar-refractivity contribution is 0.276. The van der Waals surface area contributed by atoms with Crippen molar-refractivity contribution < 1.29 is 0 Å². The smallest absolute Gasteiger partial charge is 0.0468 e. The average molecular weight is 300 g/mol. The molecule has 106 valence electrons. The summed E-state index contributed by atoms with van der Waals surface area (Å²) in [6.07, 6.45) is 5.47. The Bertz CT molecular complexity index is 411. The fourth-order valence-corrected chi connectivity index (χ4v) is 3.41. The molecule has 0 bridgehead atoms. The van der Waals surface area contributed by atoms with Crippen LogP contribution in [0, 0.1) is 11.8 Å². The Morgan fingerprint density at radius 3 is 2.53 bits per heavy atom. The van der Waals surface area contributed by atoms with Crippen molar-refractivity contribution in [3.8, 4) is 0 Å². The van der Waals surface area contributed by atoms with Gasteiger partial charge in [-0.3, -0.25) is 0 Å². The average Bonchev–Trinajstić information content (AvgIpc) is 2.37. The summed E-state index contributed by atoms with van der Waals surface area (Å²) >= 11 is 12.2. The molecule has 19 heavy (non-hydrogen) atoms. The lowest BCUT2D eigenvalue weighted by atomic mass is 9.83. The summed E-state index contributed by atoms with van der Waals surface area (Å²) in [5, 5.41) is 5.07. The Labute approximate surface area is 126 Å². The quantitative estimate of drug-likeness (QED) is 0.777. The molecule has 0 aromatic heterocycles. The monoisotopic (exact) mass is 299 g/mol. The van der Waals surface area contributed by atoms with Crippen molar-refractivity contribution in [2.75, 3.05) is 6.54 Å². The van der Waals surface area contributed by atoms with Gasteiger partial charge in [-0.05, 0) is 55.8 Å². The van der Waals surface area contributed by atoms with E-state index in [0.29, 0.717) is 5.02 Å². The van der Waals surface area contributed by atoms with Gasteiger partial charge in [-0.25, -0.2) is 0 Å². The number of nitrogens with one attached hydrogen (secondary N) is 1. The molecule has 1 aromatic carbocycles. The van der Waals surface area contributed by atoms with Crippen molar-refractivity contribution in [3.05, 3.63) is 33.8 Å². The van der Waals surface area contributed by atoms with E-state index < -0.39 is 0 Å². The fourth-order valence-electron chi connectivity index (χ4n) is 2.84. The zero-order chi connectivity index (χ0) is 13.8. The normalized spacial score (nSPS) is 25.3. The third-order valence-corrected chi connectivity index (χ3v) is 4.84. The number of rotatable bonds is 4. The number of hydrogen-bond acceptors (Lipinski definition) is 1. The van der Waals surface area contributed by atoms with Crippen LogP contribution >= 0.6 is 23.2 Å². The third-order valence-electron chi connectivity index (χ3n) is 4.28. The van der Waals surface area contributed by atoms with Crippen LogP contribution < -0.4 is 5.32 Å². The predicted octanol–water partition coefficient (Wildman–Crippen LogP) is 5.47. The van der Waals surface area contributed by atoms with Gasteiger partial charge >= 0.3 is 0 Å². The highest BCUT2D eigenvalue weighted by atomic mass is 35.5. The molecule has 2 rings (SSSR count). The summed E-state index contributed by atoms with van der Waals surface area (Å²) in [6, 6.07) is 6.03. The van der Waals surface area contributed by atoms with Crippen molar-refractivity contribution in [1.82, 2.24) is 5.32 Å². The molecule has 1 aromatic rings. The van der Waals surface area contributed by atoms with Gasteiger partial charge in [0.1, 0.15) is 0 Å². The Balaban J connectivity index is 1.85. The molecule has 0 amide bonds. The lowest BCUT2D eigenvalue weighted by Gasteiger charge is -2.27. The van der Waals surface area contributed by atoms with Gasteiger partial charge in [0.05, 0.1) is 0 Å². The van der Waals surface area contributed by atoms with Crippen LogP contribution in [-0.4, -0.2) is 6.54 Å². The minimum Gasteiger partial charge on any atom is -0.310 e. The second kappa shape index (κ2) is 6.97.